The van der Waals surface area contributed by atoms with Gasteiger partial charge in [-0.2, -0.15) is 4.72 Å². The van der Waals surface area contributed by atoms with E-state index in [4.69, 9.17) is 18.0 Å². The molecule has 1 aliphatic rings. The molecular formula is C12H16N4O3S2. The number of sulfonamides is 1. The average Bonchev–Trinajstić information content (AvgIpc) is 3.22. The standard InChI is InChI=1S/C12H16N4O3S2/c1-7(12(17)15-8-2-3-8)16-21(18,19)9-4-5-10(11(13)20)14-6-9/h4-8,16H,2-3H2,1H3,(H2,13,20)(H,15,17). The molecule has 1 aliphatic carbocycles. The van der Waals surface area contributed by atoms with Crippen molar-refractivity contribution in [3.05, 3.63) is 24.0 Å². The molecule has 1 saturated carbocycles. The van der Waals surface area contributed by atoms with Gasteiger partial charge >= 0.3 is 0 Å². The van der Waals surface area contributed by atoms with Crippen LogP contribution in [0, 0.1) is 0 Å². The Morgan fingerprint density at radius 1 is 1.48 bits per heavy atom. The summed E-state index contributed by atoms with van der Waals surface area (Å²) in [5.74, 6) is -0.339. The van der Waals surface area contributed by atoms with E-state index in [0.29, 0.717) is 5.69 Å². The monoisotopic (exact) mass is 328 g/mol. The Morgan fingerprint density at radius 2 is 2.14 bits per heavy atom. The predicted molar refractivity (Wildman–Crippen MR) is 81.1 cm³/mol. The van der Waals surface area contributed by atoms with Crippen LogP contribution in [0.1, 0.15) is 25.5 Å². The van der Waals surface area contributed by atoms with Gasteiger partial charge < -0.3 is 11.1 Å². The zero-order valence-electron chi connectivity index (χ0n) is 11.4. The topological polar surface area (TPSA) is 114 Å². The summed E-state index contributed by atoms with van der Waals surface area (Å²) in [6.45, 7) is 1.49. The first kappa shape index (κ1) is 15.8. The van der Waals surface area contributed by atoms with Crippen LogP contribution in [0.5, 0.6) is 0 Å². The molecule has 1 aromatic heterocycles. The summed E-state index contributed by atoms with van der Waals surface area (Å²) in [6.07, 6.45) is 3.04. The summed E-state index contributed by atoms with van der Waals surface area (Å²) < 4.78 is 26.6. The zero-order chi connectivity index (χ0) is 15.6. The molecule has 0 spiro atoms. The van der Waals surface area contributed by atoms with Crippen LogP contribution in [-0.2, 0) is 14.8 Å². The molecule has 9 heteroatoms. The highest BCUT2D eigenvalue weighted by atomic mass is 32.2. The van der Waals surface area contributed by atoms with Crippen molar-refractivity contribution < 1.29 is 13.2 Å². The number of carbonyl (C=O) groups excluding carboxylic acids is 1. The van der Waals surface area contributed by atoms with Gasteiger partial charge in [-0.15, -0.1) is 0 Å². The van der Waals surface area contributed by atoms with Gasteiger partial charge in [0.25, 0.3) is 0 Å². The molecule has 1 fully saturated rings. The van der Waals surface area contributed by atoms with Crippen molar-refractivity contribution in [2.24, 2.45) is 5.73 Å². The van der Waals surface area contributed by atoms with Crippen LogP contribution in [0.15, 0.2) is 23.2 Å². The summed E-state index contributed by atoms with van der Waals surface area (Å²) in [7, 11) is -3.82. The van der Waals surface area contributed by atoms with Crippen molar-refractivity contribution in [2.45, 2.75) is 36.7 Å². The molecule has 1 atom stereocenters. The van der Waals surface area contributed by atoms with Gasteiger partial charge in [-0.25, -0.2) is 8.42 Å². The molecule has 2 rings (SSSR count). The molecular weight excluding hydrogens is 312 g/mol. The average molecular weight is 328 g/mol. The maximum Gasteiger partial charge on any atom is 0.242 e. The lowest BCUT2D eigenvalue weighted by Gasteiger charge is -2.14. The minimum Gasteiger partial charge on any atom is -0.388 e. The molecule has 0 bridgehead atoms. The van der Waals surface area contributed by atoms with E-state index < -0.39 is 16.1 Å². The number of rotatable bonds is 6. The van der Waals surface area contributed by atoms with Crippen molar-refractivity contribution in [1.29, 1.82) is 0 Å². The van der Waals surface area contributed by atoms with Crippen LogP contribution in [-0.4, -0.2) is 36.4 Å². The van der Waals surface area contributed by atoms with Gasteiger partial charge in [0.1, 0.15) is 9.88 Å². The minimum atomic E-state index is -3.82. The van der Waals surface area contributed by atoms with Crippen molar-refractivity contribution in [1.82, 2.24) is 15.0 Å². The number of hydrogen-bond donors (Lipinski definition) is 3. The number of amides is 1. The maximum atomic E-state index is 12.1. The number of pyridine rings is 1. The van der Waals surface area contributed by atoms with Gasteiger partial charge in [-0.1, -0.05) is 12.2 Å². The second-order valence-corrected chi connectivity index (χ2v) is 7.02. The van der Waals surface area contributed by atoms with E-state index in [-0.39, 0.29) is 21.8 Å². The maximum absolute atomic E-state index is 12.1. The molecule has 0 aromatic carbocycles. The fourth-order valence-corrected chi connectivity index (χ4v) is 2.86. The number of nitrogens with zero attached hydrogens (tertiary/aromatic N) is 1. The van der Waals surface area contributed by atoms with Crippen LogP contribution in [0.25, 0.3) is 0 Å². The van der Waals surface area contributed by atoms with Crippen LogP contribution in [0.4, 0.5) is 0 Å². The Kier molecular flexibility index (Phi) is 4.55. The summed E-state index contributed by atoms with van der Waals surface area (Å²) >= 11 is 4.75. The molecule has 0 aliphatic heterocycles. The van der Waals surface area contributed by atoms with Gasteiger partial charge in [0.2, 0.25) is 15.9 Å². The molecule has 1 aromatic rings. The van der Waals surface area contributed by atoms with Crippen LogP contribution in [0.3, 0.4) is 0 Å². The smallest absolute Gasteiger partial charge is 0.242 e. The lowest BCUT2D eigenvalue weighted by molar-refractivity contribution is -0.122. The summed E-state index contributed by atoms with van der Waals surface area (Å²) in [4.78, 5) is 15.7. The normalized spacial score (nSPS) is 16.2. The lowest BCUT2D eigenvalue weighted by Crippen LogP contribution is -2.45. The molecule has 0 saturated heterocycles. The first-order chi connectivity index (χ1) is 9.79. The summed E-state index contributed by atoms with van der Waals surface area (Å²) in [6, 6.07) is 2.09. The Labute approximate surface area is 128 Å². The molecule has 0 radical (unpaired) electrons. The molecule has 4 N–H and O–H groups in total. The molecule has 1 unspecified atom stereocenters. The van der Waals surface area contributed by atoms with Crippen LogP contribution >= 0.6 is 12.2 Å². The molecule has 1 heterocycles. The van der Waals surface area contributed by atoms with E-state index in [2.05, 4.69) is 15.0 Å². The number of carbonyl (C=O) groups is 1. The Hall–Kier alpha value is -1.58. The Bertz CT molecular complexity index is 654. The number of thiocarbonyl (C=S) groups is 1. The molecule has 21 heavy (non-hydrogen) atoms. The third-order valence-electron chi connectivity index (χ3n) is 2.95. The summed E-state index contributed by atoms with van der Waals surface area (Å²) in [5.41, 5.74) is 5.73. The number of nitrogens with one attached hydrogen (secondary N) is 2. The van der Waals surface area contributed by atoms with E-state index in [0.717, 1.165) is 19.0 Å². The first-order valence-electron chi connectivity index (χ1n) is 6.38. The third-order valence-corrected chi connectivity index (χ3v) is 4.68. The number of aromatic nitrogens is 1. The largest absolute Gasteiger partial charge is 0.388 e. The van der Waals surface area contributed by atoms with Gasteiger partial charge in [-0.05, 0) is 31.9 Å². The van der Waals surface area contributed by atoms with Crippen molar-refractivity contribution >= 4 is 33.1 Å². The number of nitrogens with two attached hydrogens (primary N) is 1. The highest BCUT2D eigenvalue weighted by Crippen LogP contribution is 2.18. The van der Waals surface area contributed by atoms with Crippen LogP contribution in [0.2, 0.25) is 0 Å². The fraction of sp³-hybridized carbons (Fsp3) is 0.417. The highest BCUT2D eigenvalue weighted by molar-refractivity contribution is 7.89. The van der Waals surface area contributed by atoms with Gasteiger partial charge in [0.05, 0.1) is 11.7 Å². The van der Waals surface area contributed by atoms with Crippen molar-refractivity contribution in [2.75, 3.05) is 0 Å². The Balaban J connectivity index is 2.06. The zero-order valence-corrected chi connectivity index (χ0v) is 13.0. The lowest BCUT2D eigenvalue weighted by atomic mass is 10.3. The first-order valence-corrected chi connectivity index (χ1v) is 8.27. The molecule has 114 valence electrons. The predicted octanol–water partition coefficient (Wildman–Crippen LogP) is -0.339. The molecule has 7 nitrogen and oxygen atoms in total. The van der Waals surface area contributed by atoms with E-state index >= 15 is 0 Å². The van der Waals surface area contributed by atoms with Crippen molar-refractivity contribution in [3.8, 4) is 0 Å². The second kappa shape index (κ2) is 6.04. The van der Waals surface area contributed by atoms with E-state index in [1.807, 2.05) is 0 Å². The third kappa shape index (κ3) is 4.19. The van der Waals surface area contributed by atoms with Gasteiger partial charge in [0, 0.05) is 12.2 Å². The fourth-order valence-electron chi connectivity index (χ4n) is 1.59. The summed E-state index contributed by atoms with van der Waals surface area (Å²) in [5, 5.41) is 2.74. The van der Waals surface area contributed by atoms with Crippen LogP contribution < -0.4 is 15.8 Å². The van der Waals surface area contributed by atoms with Gasteiger partial charge in [0.15, 0.2) is 0 Å². The SMILES string of the molecule is CC(NS(=O)(=O)c1ccc(C(N)=S)nc1)C(=O)NC1CC1. The Morgan fingerprint density at radius 3 is 2.62 bits per heavy atom. The van der Waals surface area contributed by atoms with E-state index in [1.165, 1.54) is 19.1 Å². The minimum absolute atomic E-state index is 0.0476. The second-order valence-electron chi connectivity index (χ2n) is 4.87. The number of hydrogen-bond acceptors (Lipinski definition) is 5. The van der Waals surface area contributed by atoms with Crippen molar-refractivity contribution in [3.63, 3.8) is 0 Å². The highest BCUT2D eigenvalue weighted by Gasteiger charge is 2.28. The quantitative estimate of drug-likeness (QED) is 0.616. The molecule has 1 amide bonds. The van der Waals surface area contributed by atoms with E-state index in [9.17, 15) is 13.2 Å². The van der Waals surface area contributed by atoms with E-state index in [1.54, 1.807) is 0 Å². The van der Waals surface area contributed by atoms with Gasteiger partial charge in [-0.3, -0.25) is 9.78 Å².